The number of hydrogen-bond acceptors (Lipinski definition) is 10. The minimum Gasteiger partial charge on any atom is -0.399 e. The Labute approximate surface area is 234 Å². The number of nitrogen functional groups attached to an aromatic ring is 1. The molecule has 0 aliphatic heterocycles. The smallest absolute Gasteiger partial charge is 0.288 e. The summed E-state index contributed by atoms with van der Waals surface area (Å²) < 4.78 is 1.44. The lowest BCUT2D eigenvalue weighted by Gasteiger charge is -1.99. The van der Waals surface area contributed by atoms with Gasteiger partial charge in [0.15, 0.2) is 9.60 Å². The molecule has 2 heterocycles. The van der Waals surface area contributed by atoms with Crippen molar-refractivity contribution in [3.8, 4) is 0 Å². The molecule has 0 atom stereocenters. The van der Waals surface area contributed by atoms with Gasteiger partial charge in [-0.2, -0.15) is 0 Å². The Balaban J connectivity index is 0.000000152. The van der Waals surface area contributed by atoms with Crippen molar-refractivity contribution < 1.29 is 9.85 Å². The van der Waals surface area contributed by atoms with Gasteiger partial charge in [0.2, 0.25) is 0 Å². The zero-order chi connectivity index (χ0) is 27.8. The standard InChI is InChI=1S/C13H9N3O2S.C7H3ClN2O2S.C6H7N/c17-16(18)11-8-4-7-10-12(11)19-13(15-10)14-9-5-2-1-3-6-9;8-7-9-4-2-1-3-5(10(11)12)6(4)13-7;7-6-4-2-1-3-5-6/h1-8H,(H,14,15);1-3H;1-5H,7H2. The molecule has 0 aliphatic carbocycles. The largest absolute Gasteiger partial charge is 0.399 e. The second kappa shape index (κ2) is 12.7. The average Bonchev–Trinajstić information content (AvgIpc) is 3.51. The number of hydrogen-bond donors (Lipinski definition) is 2. The maximum Gasteiger partial charge on any atom is 0.288 e. The maximum atomic E-state index is 10.9. The molecule has 0 bridgehead atoms. The number of nitrogens with zero attached hydrogens (tertiary/aromatic N) is 4. The molecule has 3 N–H and O–H groups in total. The van der Waals surface area contributed by atoms with Crippen LogP contribution in [0.25, 0.3) is 20.4 Å². The predicted octanol–water partition coefficient (Wildman–Crippen LogP) is 8.07. The zero-order valence-electron chi connectivity index (χ0n) is 19.9. The van der Waals surface area contributed by atoms with Gasteiger partial charge in [-0.3, -0.25) is 20.2 Å². The highest BCUT2D eigenvalue weighted by molar-refractivity contribution is 7.23. The number of rotatable bonds is 4. The van der Waals surface area contributed by atoms with Gasteiger partial charge in [-0.15, -0.1) is 0 Å². The van der Waals surface area contributed by atoms with Crippen LogP contribution in [0.4, 0.5) is 27.9 Å². The molecule has 6 aromatic rings. The molecule has 0 saturated heterocycles. The number of non-ortho nitro benzene ring substituents is 2. The van der Waals surface area contributed by atoms with Crippen molar-refractivity contribution in [2.24, 2.45) is 0 Å². The fourth-order valence-electron chi connectivity index (χ4n) is 3.28. The number of nitro benzene ring substituents is 2. The Morgan fingerprint density at radius 1 is 0.692 bits per heavy atom. The quantitative estimate of drug-likeness (QED) is 0.121. The Bertz CT molecular complexity index is 1730. The number of nitrogens with two attached hydrogens (primary N) is 1. The van der Waals surface area contributed by atoms with E-state index in [2.05, 4.69) is 15.3 Å². The molecule has 2 aromatic heterocycles. The fourth-order valence-corrected chi connectivity index (χ4v) is 5.35. The third-order valence-electron chi connectivity index (χ3n) is 4.98. The molecular formula is C26H19ClN6O4S2. The minimum atomic E-state index is -0.434. The highest BCUT2D eigenvalue weighted by atomic mass is 35.5. The number of thiazole rings is 2. The molecule has 0 aliphatic rings. The molecule has 196 valence electrons. The molecular weight excluding hydrogens is 560 g/mol. The zero-order valence-corrected chi connectivity index (χ0v) is 22.3. The number of aromatic nitrogens is 2. The number of para-hydroxylation sites is 2. The van der Waals surface area contributed by atoms with Gasteiger partial charge < -0.3 is 11.1 Å². The summed E-state index contributed by atoms with van der Waals surface area (Å²) in [7, 11) is 0. The van der Waals surface area contributed by atoms with Crippen LogP contribution in [0.5, 0.6) is 0 Å². The van der Waals surface area contributed by atoms with E-state index < -0.39 is 4.92 Å². The number of halogens is 1. The summed E-state index contributed by atoms with van der Waals surface area (Å²) in [5.74, 6) is 0. The molecule has 0 saturated carbocycles. The van der Waals surface area contributed by atoms with Crippen molar-refractivity contribution in [3.05, 3.63) is 122 Å². The Kier molecular flexibility index (Phi) is 8.94. The molecule has 39 heavy (non-hydrogen) atoms. The Morgan fingerprint density at radius 3 is 1.72 bits per heavy atom. The van der Waals surface area contributed by atoms with Crippen molar-refractivity contribution in [1.82, 2.24) is 9.97 Å². The predicted molar refractivity (Wildman–Crippen MR) is 158 cm³/mol. The van der Waals surface area contributed by atoms with Gasteiger partial charge >= 0.3 is 0 Å². The summed E-state index contributed by atoms with van der Waals surface area (Å²) >= 11 is 8.05. The number of fused-ring (bicyclic) bond motifs is 2. The summed E-state index contributed by atoms with van der Waals surface area (Å²) in [6, 6.07) is 28.7. The molecule has 0 amide bonds. The van der Waals surface area contributed by atoms with Crippen molar-refractivity contribution in [2.75, 3.05) is 11.1 Å². The van der Waals surface area contributed by atoms with Gasteiger partial charge in [0.05, 0.1) is 20.9 Å². The molecule has 0 unspecified atom stereocenters. The van der Waals surface area contributed by atoms with Gasteiger partial charge in [-0.05, 0) is 36.4 Å². The summed E-state index contributed by atoms with van der Waals surface area (Å²) in [5.41, 5.74) is 8.45. The first kappa shape index (κ1) is 27.4. The molecule has 0 fully saturated rings. The third-order valence-corrected chi connectivity index (χ3v) is 7.19. The molecule has 0 spiro atoms. The van der Waals surface area contributed by atoms with E-state index in [-0.39, 0.29) is 16.3 Å². The van der Waals surface area contributed by atoms with E-state index in [0.717, 1.165) is 22.7 Å². The number of benzene rings is 4. The van der Waals surface area contributed by atoms with Crippen LogP contribution in [-0.2, 0) is 0 Å². The summed E-state index contributed by atoms with van der Waals surface area (Å²) in [5, 5.41) is 25.3. The molecule has 6 rings (SSSR count). The topological polar surface area (TPSA) is 150 Å². The van der Waals surface area contributed by atoms with Crippen LogP contribution in [0.2, 0.25) is 4.47 Å². The molecule has 4 aromatic carbocycles. The van der Waals surface area contributed by atoms with E-state index in [1.807, 2.05) is 60.7 Å². The fraction of sp³-hybridized carbons (Fsp3) is 0. The maximum absolute atomic E-state index is 10.9. The molecule has 10 nitrogen and oxygen atoms in total. The second-order valence-electron chi connectivity index (χ2n) is 7.65. The first-order chi connectivity index (χ1) is 18.8. The lowest BCUT2D eigenvalue weighted by Crippen LogP contribution is -1.87. The van der Waals surface area contributed by atoms with Crippen LogP contribution in [0, 0.1) is 20.2 Å². The molecule has 0 radical (unpaired) electrons. The SMILES string of the molecule is Nc1ccccc1.O=[N+]([O-])c1cccc2nc(Cl)sc12.O=[N+]([O-])c1cccc2nc(Nc3ccccc3)sc12. The van der Waals surface area contributed by atoms with Crippen LogP contribution in [0.15, 0.2) is 97.1 Å². The van der Waals surface area contributed by atoms with Gasteiger partial charge in [-0.25, -0.2) is 9.97 Å². The number of anilines is 3. The van der Waals surface area contributed by atoms with Crippen LogP contribution in [0.3, 0.4) is 0 Å². The van der Waals surface area contributed by atoms with Gasteiger partial charge in [0.25, 0.3) is 11.4 Å². The third kappa shape index (κ3) is 7.23. The highest BCUT2D eigenvalue weighted by Gasteiger charge is 2.16. The normalized spacial score (nSPS) is 10.2. The van der Waals surface area contributed by atoms with Crippen molar-refractivity contribution in [1.29, 1.82) is 0 Å². The van der Waals surface area contributed by atoms with E-state index in [1.165, 1.54) is 23.5 Å². The highest BCUT2D eigenvalue weighted by Crippen LogP contribution is 2.35. The number of nitro groups is 2. The monoisotopic (exact) mass is 578 g/mol. The summed E-state index contributed by atoms with van der Waals surface area (Å²) in [6.45, 7) is 0. The van der Waals surface area contributed by atoms with E-state index in [9.17, 15) is 20.2 Å². The van der Waals surface area contributed by atoms with E-state index in [1.54, 1.807) is 24.3 Å². The van der Waals surface area contributed by atoms with Crippen LogP contribution in [0.1, 0.15) is 0 Å². The van der Waals surface area contributed by atoms with Gasteiger partial charge in [0.1, 0.15) is 9.40 Å². The summed E-state index contributed by atoms with van der Waals surface area (Å²) in [6.07, 6.45) is 0. The Hall–Kier alpha value is -4.65. The molecule has 13 heteroatoms. The van der Waals surface area contributed by atoms with Crippen molar-refractivity contribution in [2.45, 2.75) is 0 Å². The van der Waals surface area contributed by atoms with Crippen molar-refractivity contribution >= 4 is 82.6 Å². The van der Waals surface area contributed by atoms with Crippen LogP contribution < -0.4 is 11.1 Å². The summed E-state index contributed by atoms with van der Waals surface area (Å²) in [4.78, 5) is 29.0. The minimum absolute atomic E-state index is 0.0573. The van der Waals surface area contributed by atoms with E-state index in [4.69, 9.17) is 17.3 Å². The number of nitrogens with one attached hydrogen (secondary N) is 1. The Morgan fingerprint density at radius 2 is 1.21 bits per heavy atom. The van der Waals surface area contributed by atoms with Gasteiger partial charge in [-0.1, -0.05) is 82.8 Å². The first-order valence-electron chi connectivity index (χ1n) is 11.2. The van der Waals surface area contributed by atoms with Crippen LogP contribution in [-0.4, -0.2) is 19.8 Å². The van der Waals surface area contributed by atoms with Gasteiger partial charge in [0, 0.05) is 23.5 Å². The van der Waals surface area contributed by atoms with E-state index >= 15 is 0 Å². The van der Waals surface area contributed by atoms with Crippen LogP contribution >= 0.6 is 34.3 Å². The van der Waals surface area contributed by atoms with Crippen molar-refractivity contribution in [3.63, 3.8) is 0 Å². The average molecular weight is 579 g/mol. The first-order valence-corrected chi connectivity index (χ1v) is 13.2. The van der Waals surface area contributed by atoms with E-state index in [0.29, 0.717) is 30.0 Å². The second-order valence-corrected chi connectivity index (χ2v) is 10.2. The lowest BCUT2D eigenvalue weighted by molar-refractivity contribution is -0.383. The lowest BCUT2D eigenvalue weighted by atomic mass is 10.3.